The lowest BCUT2D eigenvalue weighted by Crippen LogP contribution is -2.30. The Balaban J connectivity index is 1.72. The van der Waals surface area contributed by atoms with Gasteiger partial charge < -0.3 is 4.74 Å². The van der Waals surface area contributed by atoms with Crippen LogP contribution in [0.2, 0.25) is 0 Å². The number of carbonyl (C=O) groups is 3. The first-order valence-electron chi connectivity index (χ1n) is 8.78. The molecular formula is C19H23NO4. The van der Waals surface area contributed by atoms with Gasteiger partial charge in [-0.15, -0.1) is 0 Å². The van der Waals surface area contributed by atoms with Crippen molar-refractivity contribution in [2.45, 2.75) is 45.4 Å². The molecule has 2 fully saturated rings. The lowest BCUT2D eigenvalue weighted by molar-refractivity contribution is -0.122. The molecule has 0 radical (unpaired) electrons. The first-order chi connectivity index (χ1) is 11.6. The standard InChI is InChI=1S/C19H23NO4/c1-2-3-12-24-19(23)13-8-10-14(11-9-13)20-17(21)15-6-4-5-7-16(15)18(20)22/h8-11,15-16H,2-7,12H2,1H3/t15-,16+. The maximum Gasteiger partial charge on any atom is 0.338 e. The van der Waals surface area contributed by atoms with Crippen molar-refractivity contribution in [2.75, 3.05) is 11.5 Å². The minimum atomic E-state index is -0.372. The van der Waals surface area contributed by atoms with E-state index in [9.17, 15) is 14.4 Å². The molecular weight excluding hydrogens is 306 g/mol. The zero-order chi connectivity index (χ0) is 17.1. The van der Waals surface area contributed by atoms with Gasteiger partial charge in [-0.3, -0.25) is 14.5 Å². The molecule has 1 saturated heterocycles. The molecule has 0 spiro atoms. The summed E-state index contributed by atoms with van der Waals surface area (Å²) >= 11 is 0. The van der Waals surface area contributed by atoms with Gasteiger partial charge in [-0.25, -0.2) is 4.79 Å². The molecule has 0 unspecified atom stereocenters. The number of anilines is 1. The molecule has 0 aromatic heterocycles. The van der Waals surface area contributed by atoms with E-state index in [0.717, 1.165) is 38.5 Å². The molecule has 0 N–H and O–H groups in total. The van der Waals surface area contributed by atoms with Gasteiger partial charge in [-0.2, -0.15) is 0 Å². The smallest absolute Gasteiger partial charge is 0.338 e. The Kier molecular flexibility index (Phi) is 4.97. The number of imide groups is 1. The Morgan fingerprint density at radius 3 is 2.21 bits per heavy atom. The molecule has 2 aliphatic rings. The Hall–Kier alpha value is -2.17. The van der Waals surface area contributed by atoms with Crippen molar-refractivity contribution in [1.29, 1.82) is 0 Å². The largest absolute Gasteiger partial charge is 0.462 e. The molecule has 2 amide bonds. The molecule has 3 rings (SSSR count). The highest BCUT2D eigenvalue weighted by atomic mass is 16.5. The van der Waals surface area contributed by atoms with Crippen LogP contribution >= 0.6 is 0 Å². The molecule has 1 aromatic rings. The summed E-state index contributed by atoms with van der Waals surface area (Å²) in [6.07, 6.45) is 5.42. The summed E-state index contributed by atoms with van der Waals surface area (Å²) in [5.41, 5.74) is 0.982. The summed E-state index contributed by atoms with van der Waals surface area (Å²) < 4.78 is 5.17. The van der Waals surface area contributed by atoms with Gasteiger partial charge in [0, 0.05) is 0 Å². The van der Waals surface area contributed by atoms with E-state index in [0.29, 0.717) is 17.9 Å². The molecule has 1 aromatic carbocycles. The van der Waals surface area contributed by atoms with Gasteiger partial charge in [0.1, 0.15) is 0 Å². The molecule has 5 heteroatoms. The summed E-state index contributed by atoms with van der Waals surface area (Å²) in [7, 11) is 0. The van der Waals surface area contributed by atoms with Crippen LogP contribution in [0.1, 0.15) is 55.8 Å². The number of fused-ring (bicyclic) bond motifs is 1. The summed E-state index contributed by atoms with van der Waals surface area (Å²) in [5.74, 6) is -0.886. The van der Waals surface area contributed by atoms with E-state index in [1.807, 2.05) is 6.92 Å². The second-order valence-corrected chi connectivity index (χ2v) is 6.55. The molecule has 0 bridgehead atoms. The zero-order valence-electron chi connectivity index (χ0n) is 14.0. The highest BCUT2D eigenvalue weighted by Gasteiger charge is 2.48. The average Bonchev–Trinajstić information content (AvgIpc) is 2.87. The maximum atomic E-state index is 12.6. The summed E-state index contributed by atoms with van der Waals surface area (Å²) in [6, 6.07) is 6.55. The number of rotatable bonds is 5. The van der Waals surface area contributed by atoms with Gasteiger partial charge in [0.05, 0.1) is 29.7 Å². The zero-order valence-corrected chi connectivity index (χ0v) is 14.0. The minimum Gasteiger partial charge on any atom is -0.462 e. The van der Waals surface area contributed by atoms with Crippen molar-refractivity contribution in [1.82, 2.24) is 0 Å². The summed E-state index contributed by atoms with van der Waals surface area (Å²) in [5, 5.41) is 0. The van der Waals surface area contributed by atoms with Crippen molar-refractivity contribution in [2.24, 2.45) is 11.8 Å². The van der Waals surface area contributed by atoms with Crippen molar-refractivity contribution in [3.63, 3.8) is 0 Å². The van der Waals surface area contributed by atoms with E-state index in [4.69, 9.17) is 4.74 Å². The third-order valence-corrected chi connectivity index (χ3v) is 4.93. The number of nitrogens with zero attached hydrogens (tertiary/aromatic N) is 1. The number of esters is 1. The molecule has 2 atom stereocenters. The third kappa shape index (κ3) is 3.07. The van der Waals surface area contributed by atoms with Crippen LogP contribution in [0.4, 0.5) is 5.69 Å². The Labute approximate surface area is 142 Å². The van der Waals surface area contributed by atoms with Crippen molar-refractivity contribution in [3.8, 4) is 0 Å². The van der Waals surface area contributed by atoms with Gasteiger partial charge in [0.15, 0.2) is 0 Å². The summed E-state index contributed by atoms with van der Waals surface area (Å²) in [4.78, 5) is 38.3. The topological polar surface area (TPSA) is 63.7 Å². The van der Waals surface area contributed by atoms with Gasteiger partial charge in [0.25, 0.3) is 0 Å². The number of amides is 2. The van der Waals surface area contributed by atoms with Crippen LogP contribution < -0.4 is 4.90 Å². The van der Waals surface area contributed by atoms with E-state index in [1.54, 1.807) is 24.3 Å². The van der Waals surface area contributed by atoms with E-state index >= 15 is 0 Å². The predicted molar refractivity (Wildman–Crippen MR) is 89.6 cm³/mol. The van der Waals surface area contributed by atoms with Crippen molar-refractivity contribution in [3.05, 3.63) is 29.8 Å². The third-order valence-electron chi connectivity index (χ3n) is 4.93. The van der Waals surface area contributed by atoms with Crippen LogP contribution in [0.25, 0.3) is 0 Å². The SMILES string of the molecule is CCCCOC(=O)c1ccc(N2C(=O)[C@H]3CCCC[C@H]3C2=O)cc1. The Morgan fingerprint density at radius 2 is 1.67 bits per heavy atom. The van der Waals surface area contributed by atoms with Crippen molar-refractivity contribution < 1.29 is 19.1 Å². The van der Waals surface area contributed by atoms with Crippen molar-refractivity contribution >= 4 is 23.5 Å². The number of unbranched alkanes of at least 4 members (excludes halogenated alkanes) is 1. The minimum absolute atomic E-state index is 0.0945. The Bertz CT molecular complexity index is 613. The highest BCUT2D eigenvalue weighted by molar-refractivity contribution is 6.22. The fourth-order valence-corrected chi connectivity index (χ4v) is 3.56. The molecule has 1 saturated carbocycles. The maximum absolute atomic E-state index is 12.6. The fraction of sp³-hybridized carbons (Fsp3) is 0.526. The normalized spacial score (nSPS) is 23.3. The lowest BCUT2D eigenvalue weighted by Gasteiger charge is -2.19. The number of ether oxygens (including phenoxy) is 1. The van der Waals surface area contributed by atoms with Crippen LogP contribution in [0.5, 0.6) is 0 Å². The van der Waals surface area contributed by atoms with Crippen LogP contribution in [0.3, 0.4) is 0 Å². The molecule has 24 heavy (non-hydrogen) atoms. The second kappa shape index (κ2) is 7.16. The Morgan fingerprint density at radius 1 is 1.08 bits per heavy atom. The lowest BCUT2D eigenvalue weighted by atomic mass is 9.81. The molecule has 1 heterocycles. The molecule has 5 nitrogen and oxygen atoms in total. The van der Waals surface area contributed by atoms with Crippen LogP contribution in [0, 0.1) is 11.8 Å². The first-order valence-corrected chi connectivity index (χ1v) is 8.78. The number of hydrogen-bond donors (Lipinski definition) is 0. The number of hydrogen-bond acceptors (Lipinski definition) is 4. The molecule has 128 valence electrons. The quantitative estimate of drug-likeness (QED) is 0.472. The van der Waals surface area contributed by atoms with E-state index < -0.39 is 0 Å². The van der Waals surface area contributed by atoms with Gasteiger partial charge >= 0.3 is 5.97 Å². The first kappa shape index (κ1) is 16.7. The van der Waals surface area contributed by atoms with Crippen LogP contribution in [-0.4, -0.2) is 24.4 Å². The monoisotopic (exact) mass is 329 g/mol. The molecule has 1 aliphatic carbocycles. The van der Waals surface area contributed by atoms with Crippen LogP contribution in [0.15, 0.2) is 24.3 Å². The fourth-order valence-electron chi connectivity index (χ4n) is 3.56. The van der Waals surface area contributed by atoms with E-state index in [1.165, 1.54) is 4.90 Å². The van der Waals surface area contributed by atoms with Gasteiger partial charge in [-0.05, 0) is 43.5 Å². The van der Waals surface area contributed by atoms with Gasteiger partial charge in [-0.1, -0.05) is 26.2 Å². The second-order valence-electron chi connectivity index (χ2n) is 6.55. The van der Waals surface area contributed by atoms with E-state index in [-0.39, 0.29) is 29.6 Å². The summed E-state index contributed by atoms with van der Waals surface area (Å²) in [6.45, 7) is 2.44. The number of benzene rings is 1. The van der Waals surface area contributed by atoms with Crippen LogP contribution in [-0.2, 0) is 14.3 Å². The highest BCUT2D eigenvalue weighted by Crippen LogP contribution is 2.40. The average molecular weight is 329 g/mol. The predicted octanol–water partition coefficient (Wildman–Crippen LogP) is 3.32. The number of carbonyl (C=O) groups excluding carboxylic acids is 3. The van der Waals surface area contributed by atoms with Gasteiger partial charge in [0.2, 0.25) is 11.8 Å². The van der Waals surface area contributed by atoms with E-state index in [2.05, 4.69) is 0 Å². The molecule has 1 aliphatic heterocycles.